The Morgan fingerprint density at radius 2 is 2.20 bits per heavy atom. The number of hydrogen-bond acceptors (Lipinski definition) is 3. The van der Waals surface area contributed by atoms with Crippen LogP contribution in [-0.2, 0) is 11.3 Å². The number of ether oxygens (including phenoxy) is 1. The van der Waals surface area contributed by atoms with Crippen LogP contribution >= 0.6 is 0 Å². The average Bonchev–Trinajstić information content (AvgIpc) is 3.28. The van der Waals surface area contributed by atoms with Crippen molar-refractivity contribution >= 4 is 6.03 Å². The molecule has 25 heavy (non-hydrogen) atoms. The van der Waals surface area contributed by atoms with Crippen molar-refractivity contribution in [1.82, 2.24) is 20.4 Å². The van der Waals surface area contributed by atoms with E-state index in [2.05, 4.69) is 29.6 Å². The maximum absolute atomic E-state index is 12.4. The summed E-state index contributed by atoms with van der Waals surface area (Å²) < 4.78 is 7.59. The number of carbonyl (C=O) groups excluding carboxylic acids is 1. The van der Waals surface area contributed by atoms with Gasteiger partial charge in [-0.15, -0.1) is 0 Å². The Balaban J connectivity index is 1.39. The summed E-state index contributed by atoms with van der Waals surface area (Å²) in [6.45, 7) is 5.59. The molecule has 1 aromatic carbocycles. The van der Waals surface area contributed by atoms with Crippen LogP contribution in [0, 0.1) is 11.3 Å². The third kappa shape index (κ3) is 2.80. The molecule has 3 atom stereocenters. The van der Waals surface area contributed by atoms with Crippen LogP contribution in [0.1, 0.15) is 25.8 Å². The van der Waals surface area contributed by atoms with Crippen LogP contribution in [0.15, 0.2) is 42.7 Å². The van der Waals surface area contributed by atoms with Crippen molar-refractivity contribution in [2.45, 2.75) is 39.0 Å². The molecule has 6 heteroatoms. The highest BCUT2D eigenvalue weighted by molar-refractivity contribution is 5.74. The molecule has 132 valence electrons. The fraction of sp³-hybridized carbons (Fsp3) is 0.474. The molecule has 1 aliphatic heterocycles. The molecule has 2 N–H and O–H groups in total. The smallest absolute Gasteiger partial charge is 0.315 e. The van der Waals surface area contributed by atoms with Gasteiger partial charge in [0.15, 0.2) is 0 Å². The molecule has 6 nitrogen and oxygen atoms in total. The zero-order valence-corrected chi connectivity index (χ0v) is 14.6. The van der Waals surface area contributed by atoms with E-state index in [1.165, 1.54) is 0 Å². The lowest BCUT2D eigenvalue weighted by Gasteiger charge is -2.54. The molecule has 2 heterocycles. The number of carbonyl (C=O) groups is 1. The second-order valence-electron chi connectivity index (χ2n) is 7.45. The van der Waals surface area contributed by atoms with Gasteiger partial charge in [-0.25, -0.2) is 9.48 Å². The first kappa shape index (κ1) is 16.1. The number of hydrogen-bond donors (Lipinski definition) is 2. The molecular formula is C19H24N4O2. The third-order valence-corrected chi connectivity index (χ3v) is 5.57. The molecule has 4 rings (SSSR count). The van der Waals surface area contributed by atoms with Crippen molar-refractivity contribution in [1.29, 1.82) is 0 Å². The zero-order valence-electron chi connectivity index (χ0n) is 14.6. The maximum atomic E-state index is 12.4. The van der Waals surface area contributed by atoms with Crippen molar-refractivity contribution in [2.24, 2.45) is 11.3 Å². The van der Waals surface area contributed by atoms with Gasteiger partial charge in [0.1, 0.15) is 0 Å². The standard InChI is InChI=1S/C19H24N4O2/c1-19(2)16(14-8-11-25-17(14)19)22-18(24)20-12-13-6-3-4-7-15(13)23-10-5-9-21-23/h3-7,9-10,14,16-17H,8,11-12H2,1-2H3,(H2,20,22,24)/t14-,16-,17-/m1/s1. The van der Waals surface area contributed by atoms with Gasteiger partial charge in [0, 0.05) is 42.9 Å². The zero-order chi connectivity index (χ0) is 17.4. The number of rotatable bonds is 4. The fourth-order valence-corrected chi connectivity index (χ4v) is 4.28. The van der Waals surface area contributed by atoms with Gasteiger partial charge in [-0.3, -0.25) is 0 Å². The van der Waals surface area contributed by atoms with Gasteiger partial charge >= 0.3 is 6.03 Å². The summed E-state index contributed by atoms with van der Waals surface area (Å²) in [5, 5.41) is 10.4. The number of para-hydroxylation sites is 1. The summed E-state index contributed by atoms with van der Waals surface area (Å²) in [5.41, 5.74) is 1.99. The largest absolute Gasteiger partial charge is 0.377 e. The normalized spacial score (nSPS) is 26.6. The molecule has 2 fully saturated rings. The minimum Gasteiger partial charge on any atom is -0.377 e. The number of aromatic nitrogens is 2. The second-order valence-corrected chi connectivity index (χ2v) is 7.45. The summed E-state index contributed by atoms with van der Waals surface area (Å²) >= 11 is 0. The van der Waals surface area contributed by atoms with E-state index in [-0.39, 0.29) is 23.6 Å². The van der Waals surface area contributed by atoms with Crippen LogP contribution in [0.5, 0.6) is 0 Å². The third-order valence-electron chi connectivity index (χ3n) is 5.57. The average molecular weight is 340 g/mol. The van der Waals surface area contributed by atoms with Gasteiger partial charge < -0.3 is 15.4 Å². The topological polar surface area (TPSA) is 68.2 Å². The molecule has 1 saturated carbocycles. The summed E-state index contributed by atoms with van der Waals surface area (Å²) in [4.78, 5) is 12.4. The van der Waals surface area contributed by atoms with Gasteiger partial charge in [-0.2, -0.15) is 5.10 Å². The van der Waals surface area contributed by atoms with Crippen LogP contribution in [0.3, 0.4) is 0 Å². The Bertz CT molecular complexity index is 757. The lowest BCUT2D eigenvalue weighted by Crippen LogP contribution is -2.67. The Morgan fingerprint density at radius 3 is 3.00 bits per heavy atom. The van der Waals surface area contributed by atoms with Gasteiger partial charge in [0.2, 0.25) is 0 Å². The van der Waals surface area contributed by atoms with Crippen molar-refractivity contribution in [3.63, 3.8) is 0 Å². The van der Waals surface area contributed by atoms with Crippen molar-refractivity contribution in [3.8, 4) is 5.69 Å². The summed E-state index contributed by atoms with van der Waals surface area (Å²) in [6, 6.07) is 9.87. The first-order valence-corrected chi connectivity index (χ1v) is 8.81. The maximum Gasteiger partial charge on any atom is 0.315 e. The van der Waals surface area contributed by atoms with E-state index in [1.54, 1.807) is 6.20 Å². The Kier molecular flexibility index (Phi) is 4.00. The van der Waals surface area contributed by atoms with Gasteiger partial charge in [-0.1, -0.05) is 32.0 Å². The van der Waals surface area contributed by atoms with Crippen LogP contribution in [0.4, 0.5) is 4.79 Å². The Hall–Kier alpha value is -2.34. The lowest BCUT2D eigenvalue weighted by atomic mass is 9.57. The van der Waals surface area contributed by atoms with Crippen molar-refractivity contribution in [3.05, 3.63) is 48.3 Å². The molecule has 0 unspecified atom stereocenters. The molecular weight excluding hydrogens is 316 g/mol. The number of fused-ring (bicyclic) bond motifs is 1. The van der Waals surface area contributed by atoms with Crippen LogP contribution < -0.4 is 10.6 Å². The predicted molar refractivity (Wildman–Crippen MR) is 94.4 cm³/mol. The van der Waals surface area contributed by atoms with E-state index in [4.69, 9.17) is 4.74 Å². The van der Waals surface area contributed by atoms with E-state index in [9.17, 15) is 4.79 Å². The number of benzene rings is 1. The predicted octanol–water partition coefficient (Wildman–Crippen LogP) is 2.49. The van der Waals surface area contributed by atoms with E-state index in [1.807, 2.05) is 41.2 Å². The number of nitrogens with one attached hydrogen (secondary N) is 2. The molecule has 0 bridgehead atoms. The van der Waals surface area contributed by atoms with Crippen molar-refractivity contribution in [2.75, 3.05) is 6.61 Å². The van der Waals surface area contributed by atoms with Crippen LogP contribution in [0.25, 0.3) is 5.69 Å². The molecule has 1 aliphatic carbocycles. The summed E-state index contributed by atoms with van der Waals surface area (Å²) in [7, 11) is 0. The molecule has 2 aliphatic rings. The SMILES string of the molecule is CC1(C)[C@H](NC(=O)NCc2ccccc2-n2cccn2)[C@H]2CCO[C@H]21. The van der Waals surface area contributed by atoms with Gasteiger partial charge in [-0.05, 0) is 24.1 Å². The fourth-order valence-electron chi connectivity index (χ4n) is 4.28. The van der Waals surface area contributed by atoms with Gasteiger partial charge in [0.05, 0.1) is 11.8 Å². The van der Waals surface area contributed by atoms with Gasteiger partial charge in [0.25, 0.3) is 0 Å². The second kappa shape index (κ2) is 6.19. The quantitative estimate of drug-likeness (QED) is 0.898. The highest BCUT2D eigenvalue weighted by atomic mass is 16.5. The summed E-state index contributed by atoms with van der Waals surface area (Å²) in [5.74, 6) is 0.442. The van der Waals surface area contributed by atoms with Crippen LogP contribution in [-0.4, -0.2) is 34.6 Å². The van der Waals surface area contributed by atoms with Crippen molar-refractivity contribution < 1.29 is 9.53 Å². The highest BCUT2D eigenvalue weighted by Crippen LogP contribution is 2.52. The molecule has 2 amide bonds. The first-order valence-electron chi connectivity index (χ1n) is 8.81. The molecule has 0 radical (unpaired) electrons. The highest BCUT2D eigenvalue weighted by Gasteiger charge is 2.59. The number of amides is 2. The monoisotopic (exact) mass is 340 g/mol. The Morgan fingerprint density at radius 1 is 1.36 bits per heavy atom. The minimum absolute atomic E-state index is 0.00846. The molecule has 1 saturated heterocycles. The van der Waals surface area contributed by atoms with E-state index in [0.717, 1.165) is 24.3 Å². The van der Waals surface area contributed by atoms with E-state index in [0.29, 0.717) is 12.5 Å². The summed E-state index contributed by atoms with van der Waals surface area (Å²) in [6.07, 6.45) is 4.95. The molecule has 0 spiro atoms. The van der Waals surface area contributed by atoms with E-state index >= 15 is 0 Å². The molecule has 2 aromatic rings. The number of urea groups is 1. The minimum atomic E-state index is -0.126. The van der Waals surface area contributed by atoms with Crippen LogP contribution in [0.2, 0.25) is 0 Å². The lowest BCUT2D eigenvalue weighted by molar-refractivity contribution is -0.108. The Labute approximate surface area is 147 Å². The van der Waals surface area contributed by atoms with E-state index < -0.39 is 0 Å². The first-order chi connectivity index (χ1) is 12.1. The molecule has 1 aromatic heterocycles. The number of nitrogens with zero attached hydrogens (tertiary/aromatic N) is 2.